The highest BCUT2D eigenvalue weighted by atomic mass is 19.1. The zero-order chi connectivity index (χ0) is 37.2. The molecular weight excluding hydrogens is 672 g/mol. The lowest BCUT2D eigenvalue weighted by Gasteiger charge is -2.48. The second-order valence-electron chi connectivity index (χ2n) is 15.7. The molecule has 0 radical (unpaired) electrons. The first-order valence-corrected chi connectivity index (χ1v) is 19.1. The summed E-state index contributed by atoms with van der Waals surface area (Å²) in [4.78, 5) is 55.8. The Balaban J connectivity index is 1.18. The molecule has 8 rings (SSSR count). The number of rotatable bonds is 7. The van der Waals surface area contributed by atoms with E-state index in [0.29, 0.717) is 56.0 Å². The molecule has 2 saturated heterocycles. The molecule has 0 bridgehead atoms. The van der Waals surface area contributed by atoms with Crippen molar-refractivity contribution >= 4 is 45.9 Å². The number of carbonyl (C=O) groups excluding carboxylic acids is 3. The van der Waals surface area contributed by atoms with Gasteiger partial charge in [0.25, 0.3) is 5.91 Å². The van der Waals surface area contributed by atoms with Gasteiger partial charge in [-0.3, -0.25) is 19.3 Å². The van der Waals surface area contributed by atoms with Crippen LogP contribution in [0.2, 0.25) is 0 Å². The van der Waals surface area contributed by atoms with Crippen LogP contribution in [0.5, 0.6) is 0 Å². The minimum atomic E-state index is -0.783. The van der Waals surface area contributed by atoms with Crippen LogP contribution >= 0.6 is 0 Å². The smallest absolute Gasteiger partial charge is 0.251 e. The number of hydrogen-bond donors (Lipinski definition) is 2. The summed E-state index contributed by atoms with van der Waals surface area (Å²) < 4.78 is 16.4. The van der Waals surface area contributed by atoms with Crippen molar-refractivity contribution in [3.05, 3.63) is 65.5 Å². The first-order valence-electron chi connectivity index (χ1n) is 19.1. The molecule has 1 aliphatic carbocycles. The Morgan fingerprint density at radius 3 is 2.49 bits per heavy atom. The molecule has 4 aromatic rings. The summed E-state index contributed by atoms with van der Waals surface area (Å²) in [5.74, 6) is 0.610. The Morgan fingerprint density at radius 1 is 1.02 bits per heavy atom. The molecule has 12 heteroatoms. The molecule has 3 aliphatic heterocycles. The fraction of sp³-hybridized carbons (Fsp3) is 0.488. The van der Waals surface area contributed by atoms with E-state index < -0.39 is 11.6 Å². The number of nitrogens with zero attached hydrogens (tertiary/aromatic N) is 6. The number of carbonyl (C=O) groups is 3. The molecule has 11 nitrogen and oxygen atoms in total. The average molecular weight is 721 g/mol. The molecule has 278 valence electrons. The lowest BCUT2D eigenvalue weighted by Crippen LogP contribution is -2.59. The largest absolute Gasteiger partial charge is 0.355 e. The summed E-state index contributed by atoms with van der Waals surface area (Å²) in [6.45, 7) is 10.2. The van der Waals surface area contributed by atoms with Crippen molar-refractivity contribution in [3.63, 3.8) is 0 Å². The van der Waals surface area contributed by atoms with Gasteiger partial charge >= 0.3 is 0 Å². The number of halogens is 1. The van der Waals surface area contributed by atoms with E-state index in [1.807, 2.05) is 47.3 Å². The van der Waals surface area contributed by atoms with Gasteiger partial charge in [0, 0.05) is 74.2 Å². The third-order valence-electron chi connectivity index (χ3n) is 12.2. The van der Waals surface area contributed by atoms with Gasteiger partial charge in [-0.1, -0.05) is 18.2 Å². The zero-order valence-corrected chi connectivity index (χ0v) is 31.3. The minimum Gasteiger partial charge on any atom is -0.355 e. The fourth-order valence-corrected chi connectivity index (χ4v) is 9.05. The standard InChI is InChI=1S/C41H49FN8O3/c1-24(2)49-23-44-35-21-34(46-38(37(35)49)45-29-10-8-25(3)32(18-29)39(52)43-5)27-9-11-33-36(17-27)50(31-19-30(20-31)48-14-6-7-28(42)22-48)40(53)41(33)12-15-47(16-13-41)26(4)51/h8-11,17-18,21,23-24,28,30-31H,6-7,12-16,19-20,22H2,1-5H3,(H,43,52)(H,45,46)/t28-,30?,31?/m1/s1. The number of nitrogens with one attached hydrogen (secondary N) is 2. The maximum atomic E-state index is 14.7. The number of hydrogen-bond acceptors (Lipinski definition) is 7. The maximum Gasteiger partial charge on any atom is 0.251 e. The molecule has 1 saturated carbocycles. The first kappa shape index (κ1) is 35.2. The minimum absolute atomic E-state index is 0.0251. The van der Waals surface area contributed by atoms with Gasteiger partial charge in [0.05, 0.1) is 23.0 Å². The van der Waals surface area contributed by atoms with E-state index in [2.05, 4.69) is 52.1 Å². The molecule has 4 aliphatic rings. The highest BCUT2D eigenvalue weighted by Crippen LogP contribution is 2.52. The van der Waals surface area contributed by atoms with Gasteiger partial charge in [-0.2, -0.15) is 0 Å². The Kier molecular flexibility index (Phi) is 8.99. The predicted molar refractivity (Wildman–Crippen MR) is 204 cm³/mol. The molecule has 2 aromatic heterocycles. The van der Waals surface area contributed by atoms with Gasteiger partial charge in [0.2, 0.25) is 11.8 Å². The Hall–Kier alpha value is -4.84. The molecular formula is C41H49FN8O3. The fourth-order valence-electron chi connectivity index (χ4n) is 9.05. The van der Waals surface area contributed by atoms with Gasteiger partial charge in [-0.15, -0.1) is 0 Å². The molecule has 2 aromatic carbocycles. The summed E-state index contributed by atoms with van der Waals surface area (Å²) in [5, 5.41) is 6.24. The van der Waals surface area contributed by atoms with E-state index in [1.54, 1.807) is 14.0 Å². The number of piperidine rings is 2. The summed E-state index contributed by atoms with van der Waals surface area (Å²) in [6, 6.07) is 14.4. The quantitative estimate of drug-likeness (QED) is 0.231. The number of aryl methyl sites for hydroxylation is 1. The van der Waals surface area contributed by atoms with Crippen LogP contribution < -0.4 is 15.5 Å². The van der Waals surface area contributed by atoms with E-state index in [-0.39, 0.29) is 35.8 Å². The van der Waals surface area contributed by atoms with Crippen LogP contribution in [0.15, 0.2) is 48.8 Å². The zero-order valence-electron chi connectivity index (χ0n) is 31.3. The predicted octanol–water partition coefficient (Wildman–Crippen LogP) is 6.28. The number of imidazole rings is 1. The van der Waals surface area contributed by atoms with Crippen LogP contribution in [0.1, 0.15) is 86.8 Å². The van der Waals surface area contributed by atoms with Crippen LogP contribution in [0.25, 0.3) is 22.3 Å². The Morgan fingerprint density at radius 2 is 1.79 bits per heavy atom. The van der Waals surface area contributed by atoms with E-state index in [4.69, 9.17) is 9.97 Å². The van der Waals surface area contributed by atoms with E-state index >= 15 is 0 Å². The highest BCUT2D eigenvalue weighted by molar-refractivity contribution is 6.09. The second-order valence-corrected chi connectivity index (χ2v) is 15.7. The second kappa shape index (κ2) is 13.5. The van der Waals surface area contributed by atoms with Crippen molar-refractivity contribution < 1.29 is 18.8 Å². The van der Waals surface area contributed by atoms with Crippen LogP contribution in [-0.2, 0) is 15.0 Å². The van der Waals surface area contributed by atoms with E-state index in [0.717, 1.165) is 64.9 Å². The monoisotopic (exact) mass is 720 g/mol. The number of likely N-dealkylation sites (tertiary alicyclic amines) is 2. The topological polar surface area (TPSA) is 116 Å². The number of alkyl halides is 1. The van der Waals surface area contributed by atoms with Crippen molar-refractivity contribution in [2.45, 2.75) is 95.9 Å². The van der Waals surface area contributed by atoms with E-state index in [1.165, 1.54) is 0 Å². The normalized spacial score (nSPS) is 22.7. The van der Waals surface area contributed by atoms with Gasteiger partial charge in [0.1, 0.15) is 11.7 Å². The molecule has 2 N–H and O–H groups in total. The highest BCUT2D eigenvalue weighted by Gasteiger charge is 2.55. The molecule has 3 fully saturated rings. The van der Waals surface area contributed by atoms with E-state index in [9.17, 15) is 18.8 Å². The van der Waals surface area contributed by atoms with Crippen LogP contribution in [0, 0.1) is 6.92 Å². The van der Waals surface area contributed by atoms with Crippen LogP contribution in [0.3, 0.4) is 0 Å². The van der Waals surface area contributed by atoms with Crippen molar-refractivity contribution in [1.29, 1.82) is 0 Å². The average Bonchev–Trinajstić information content (AvgIpc) is 3.66. The molecule has 5 heterocycles. The Bertz CT molecular complexity index is 2100. The maximum absolute atomic E-state index is 14.7. The molecule has 1 atom stereocenters. The number of fused-ring (bicyclic) bond motifs is 3. The van der Waals surface area contributed by atoms with Crippen molar-refractivity contribution in [1.82, 2.24) is 29.7 Å². The first-order chi connectivity index (χ1) is 25.5. The number of aromatic nitrogens is 3. The summed E-state index contributed by atoms with van der Waals surface area (Å²) in [5.41, 5.74) is 6.64. The SMILES string of the molecule is CNC(=O)c1cc(Nc2nc(-c3ccc4c(c3)N(C3CC(N5CCC[C@@H](F)C5)C3)C(=O)C43CCN(C(C)=O)CC3)cc3ncn(C(C)C)c23)ccc1C. The molecule has 3 amide bonds. The number of benzene rings is 2. The van der Waals surface area contributed by atoms with Gasteiger partial charge in [-0.05, 0) is 101 Å². The lowest BCUT2D eigenvalue weighted by molar-refractivity contribution is -0.134. The summed E-state index contributed by atoms with van der Waals surface area (Å²) in [7, 11) is 1.62. The number of pyridine rings is 1. The van der Waals surface area contributed by atoms with Crippen molar-refractivity contribution in [3.8, 4) is 11.3 Å². The summed E-state index contributed by atoms with van der Waals surface area (Å²) >= 11 is 0. The van der Waals surface area contributed by atoms with Crippen LogP contribution in [-0.4, -0.2) is 93.5 Å². The molecule has 53 heavy (non-hydrogen) atoms. The van der Waals surface area contributed by atoms with Crippen molar-refractivity contribution in [2.24, 2.45) is 0 Å². The van der Waals surface area contributed by atoms with Gasteiger partial charge < -0.3 is 25.0 Å². The lowest BCUT2D eigenvalue weighted by atomic mass is 9.73. The van der Waals surface area contributed by atoms with Crippen molar-refractivity contribution in [2.75, 3.05) is 43.4 Å². The van der Waals surface area contributed by atoms with Gasteiger partial charge in [-0.25, -0.2) is 14.4 Å². The number of anilines is 3. The Labute approximate surface area is 309 Å². The third-order valence-corrected chi connectivity index (χ3v) is 12.2. The van der Waals surface area contributed by atoms with Crippen LogP contribution in [0.4, 0.5) is 21.6 Å². The number of amides is 3. The molecule has 1 spiro atoms. The summed E-state index contributed by atoms with van der Waals surface area (Å²) in [6.07, 6.45) is 5.35. The third kappa shape index (κ3) is 6.04. The van der Waals surface area contributed by atoms with Gasteiger partial charge in [0.15, 0.2) is 5.82 Å². The molecule has 0 unspecified atom stereocenters.